The fourth-order valence-corrected chi connectivity index (χ4v) is 1.75. The Morgan fingerprint density at radius 2 is 2.05 bits per heavy atom. The highest BCUT2D eigenvalue weighted by molar-refractivity contribution is 5.91. The molecule has 2 N–H and O–H groups in total. The molecule has 2 rings (SSSR count). The third-order valence-electron chi connectivity index (χ3n) is 2.83. The van der Waals surface area contributed by atoms with Gasteiger partial charge in [-0.15, -0.1) is 0 Å². The van der Waals surface area contributed by atoms with Gasteiger partial charge in [0.2, 0.25) is 5.95 Å². The zero-order valence-corrected chi connectivity index (χ0v) is 12.5. The molecule has 0 aliphatic carbocycles. The van der Waals surface area contributed by atoms with Crippen molar-refractivity contribution in [3.8, 4) is 5.95 Å². The lowest BCUT2D eigenvalue weighted by Crippen LogP contribution is -2.19. The Labute approximate surface area is 123 Å². The Hall–Kier alpha value is -2.28. The maximum atomic E-state index is 11.4. The molecule has 0 aromatic carbocycles. The van der Waals surface area contributed by atoms with E-state index < -0.39 is 0 Å². The van der Waals surface area contributed by atoms with E-state index in [9.17, 15) is 4.79 Å². The van der Waals surface area contributed by atoms with Crippen LogP contribution >= 0.6 is 0 Å². The van der Waals surface area contributed by atoms with Crippen molar-refractivity contribution in [3.05, 3.63) is 35.9 Å². The number of nitrogens with zero attached hydrogens (tertiary/aromatic N) is 4. The smallest absolute Gasteiger partial charge is 0.271 e. The molecule has 0 aliphatic heterocycles. The number of amides is 1. The minimum atomic E-state index is -0.233. The lowest BCUT2D eigenvalue weighted by Gasteiger charge is -2.07. The summed E-state index contributed by atoms with van der Waals surface area (Å²) in [5, 5.41) is 9.99. The summed E-state index contributed by atoms with van der Waals surface area (Å²) in [4.78, 5) is 20.0. The van der Waals surface area contributed by atoms with Gasteiger partial charge in [-0.2, -0.15) is 5.10 Å². The molecule has 21 heavy (non-hydrogen) atoms. The van der Waals surface area contributed by atoms with E-state index in [1.54, 1.807) is 31.7 Å². The van der Waals surface area contributed by atoms with E-state index in [0.29, 0.717) is 17.6 Å². The van der Waals surface area contributed by atoms with Crippen molar-refractivity contribution >= 4 is 5.91 Å². The highest BCUT2D eigenvalue weighted by atomic mass is 16.1. The van der Waals surface area contributed by atoms with Crippen molar-refractivity contribution in [2.24, 2.45) is 5.92 Å². The summed E-state index contributed by atoms with van der Waals surface area (Å²) in [6, 6.07) is 1.63. The topological polar surface area (TPSA) is 84.7 Å². The number of carbonyl (C=O) groups excluding carboxylic acids is 1. The van der Waals surface area contributed by atoms with Gasteiger partial charge in [0.1, 0.15) is 0 Å². The molecular formula is C14H20N6O. The molecule has 7 nitrogen and oxygen atoms in total. The van der Waals surface area contributed by atoms with E-state index in [4.69, 9.17) is 0 Å². The first-order valence-electron chi connectivity index (χ1n) is 6.90. The summed E-state index contributed by atoms with van der Waals surface area (Å²) in [5.41, 5.74) is 1.35. The summed E-state index contributed by atoms with van der Waals surface area (Å²) < 4.78 is 1.48. The number of carbonyl (C=O) groups is 1. The van der Waals surface area contributed by atoms with E-state index in [2.05, 4.69) is 39.5 Å². The molecule has 0 fully saturated rings. The molecule has 7 heteroatoms. The van der Waals surface area contributed by atoms with Crippen LogP contribution in [0.1, 0.15) is 29.9 Å². The van der Waals surface area contributed by atoms with Crippen LogP contribution in [0.15, 0.2) is 24.7 Å². The standard InChI is InChI=1S/C14H20N6O/c1-10(2)6-16-7-11-8-17-14(18-9-11)20-5-4-12(19-20)13(21)15-3/h4-5,8-10,16H,6-7H2,1-3H3,(H,15,21). The third kappa shape index (κ3) is 4.09. The van der Waals surface area contributed by atoms with Crippen molar-refractivity contribution in [2.45, 2.75) is 20.4 Å². The van der Waals surface area contributed by atoms with Crippen LogP contribution in [-0.2, 0) is 6.54 Å². The van der Waals surface area contributed by atoms with Crippen LogP contribution in [-0.4, -0.2) is 39.2 Å². The molecular weight excluding hydrogens is 268 g/mol. The number of hydrogen-bond acceptors (Lipinski definition) is 5. The van der Waals surface area contributed by atoms with Crippen molar-refractivity contribution < 1.29 is 4.79 Å². The zero-order chi connectivity index (χ0) is 15.2. The number of aromatic nitrogens is 4. The average molecular weight is 288 g/mol. The molecule has 2 aromatic rings. The summed E-state index contributed by atoms with van der Waals surface area (Å²) in [6.07, 6.45) is 5.18. The van der Waals surface area contributed by atoms with Gasteiger partial charge in [0.05, 0.1) is 0 Å². The lowest BCUT2D eigenvalue weighted by molar-refractivity contribution is 0.0957. The molecule has 0 aliphatic rings. The minimum Gasteiger partial charge on any atom is -0.354 e. The molecule has 0 saturated carbocycles. The molecule has 2 heterocycles. The van der Waals surface area contributed by atoms with Gasteiger partial charge in [-0.3, -0.25) is 4.79 Å². The summed E-state index contributed by atoms with van der Waals surface area (Å²) in [7, 11) is 1.57. The molecule has 1 amide bonds. The summed E-state index contributed by atoms with van der Waals surface area (Å²) >= 11 is 0. The Morgan fingerprint density at radius 1 is 1.33 bits per heavy atom. The van der Waals surface area contributed by atoms with Crippen LogP contribution in [0.3, 0.4) is 0 Å². The monoisotopic (exact) mass is 288 g/mol. The van der Waals surface area contributed by atoms with Gasteiger partial charge in [-0.25, -0.2) is 14.6 Å². The molecule has 0 saturated heterocycles. The van der Waals surface area contributed by atoms with Crippen molar-refractivity contribution in [1.82, 2.24) is 30.4 Å². The van der Waals surface area contributed by atoms with E-state index in [1.165, 1.54) is 4.68 Å². The van der Waals surface area contributed by atoms with Crippen LogP contribution in [0.2, 0.25) is 0 Å². The maximum Gasteiger partial charge on any atom is 0.271 e. The summed E-state index contributed by atoms with van der Waals surface area (Å²) in [5.74, 6) is 0.818. The SMILES string of the molecule is CNC(=O)c1ccn(-c2ncc(CNCC(C)C)cn2)n1. The first kappa shape index (κ1) is 15.1. The lowest BCUT2D eigenvalue weighted by atomic mass is 10.2. The molecule has 112 valence electrons. The van der Waals surface area contributed by atoms with Gasteiger partial charge in [0, 0.05) is 37.7 Å². The van der Waals surface area contributed by atoms with Crippen molar-refractivity contribution in [1.29, 1.82) is 0 Å². The second-order valence-corrected chi connectivity index (χ2v) is 5.14. The fourth-order valence-electron chi connectivity index (χ4n) is 1.75. The predicted molar refractivity (Wildman–Crippen MR) is 79.1 cm³/mol. The molecule has 0 bridgehead atoms. The van der Waals surface area contributed by atoms with Gasteiger partial charge < -0.3 is 10.6 Å². The van der Waals surface area contributed by atoms with E-state index in [-0.39, 0.29) is 5.91 Å². The van der Waals surface area contributed by atoms with Crippen molar-refractivity contribution in [3.63, 3.8) is 0 Å². The fraction of sp³-hybridized carbons (Fsp3) is 0.429. The van der Waals surface area contributed by atoms with Crippen LogP contribution < -0.4 is 10.6 Å². The van der Waals surface area contributed by atoms with Gasteiger partial charge >= 0.3 is 0 Å². The maximum absolute atomic E-state index is 11.4. The summed E-state index contributed by atoms with van der Waals surface area (Å²) in [6.45, 7) is 6.01. The Kier molecular flexibility index (Phi) is 4.99. The Bertz CT molecular complexity index is 590. The highest BCUT2D eigenvalue weighted by Crippen LogP contribution is 2.03. The first-order chi connectivity index (χ1) is 10.1. The number of hydrogen-bond donors (Lipinski definition) is 2. The molecule has 0 radical (unpaired) electrons. The van der Waals surface area contributed by atoms with Crippen LogP contribution in [0, 0.1) is 5.92 Å². The Morgan fingerprint density at radius 3 is 2.67 bits per heavy atom. The molecule has 0 unspecified atom stereocenters. The second kappa shape index (κ2) is 6.94. The quantitative estimate of drug-likeness (QED) is 0.820. The third-order valence-corrected chi connectivity index (χ3v) is 2.83. The normalized spacial score (nSPS) is 10.9. The zero-order valence-electron chi connectivity index (χ0n) is 12.5. The van der Waals surface area contributed by atoms with Gasteiger partial charge in [-0.05, 0) is 18.5 Å². The number of nitrogens with one attached hydrogen (secondary N) is 2. The molecule has 0 spiro atoms. The van der Waals surface area contributed by atoms with Gasteiger partial charge in [0.25, 0.3) is 5.91 Å². The minimum absolute atomic E-state index is 0.233. The van der Waals surface area contributed by atoms with Crippen LogP contribution in [0.25, 0.3) is 5.95 Å². The van der Waals surface area contributed by atoms with Gasteiger partial charge in [0.15, 0.2) is 5.69 Å². The van der Waals surface area contributed by atoms with E-state index in [0.717, 1.165) is 18.7 Å². The van der Waals surface area contributed by atoms with E-state index >= 15 is 0 Å². The van der Waals surface area contributed by atoms with Crippen LogP contribution in [0.4, 0.5) is 0 Å². The van der Waals surface area contributed by atoms with E-state index in [1.807, 2.05) is 0 Å². The average Bonchev–Trinajstić information content (AvgIpc) is 2.96. The molecule has 2 aromatic heterocycles. The predicted octanol–water partition coefficient (Wildman–Crippen LogP) is 0.767. The van der Waals surface area contributed by atoms with Crippen molar-refractivity contribution in [2.75, 3.05) is 13.6 Å². The largest absolute Gasteiger partial charge is 0.354 e. The van der Waals surface area contributed by atoms with Gasteiger partial charge in [-0.1, -0.05) is 13.8 Å². The highest BCUT2D eigenvalue weighted by Gasteiger charge is 2.09. The first-order valence-corrected chi connectivity index (χ1v) is 6.90. The Balaban J connectivity index is 2.01. The second-order valence-electron chi connectivity index (χ2n) is 5.14. The van der Waals surface area contributed by atoms with Crippen LogP contribution in [0.5, 0.6) is 0 Å². The molecule has 0 atom stereocenters. The number of rotatable bonds is 6.